The molecule has 0 saturated carbocycles. The zero-order valence-corrected chi connectivity index (χ0v) is 13.1. The lowest BCUT2D eigenvalue weighted by molar-refractivity contribution is 0.236. The Balaban J connectivity index is 1.78. The van der Waals surface area contributed by atoms with E-state index in [1.54, 1.807) is 0 Å². The molecule has 0 fully saturated rings. The molecule has 1 aromatic rings. The summed E-state index contributed by atoms with van der Waals surface area (Å²) < 4.78 is 11.3. The minimum atomic E-state index is 0.129. The lowest BCUT2D eigenvalue weighted by atomic mass is 9.88. The molecule has 0 amide bonds. The van der Waals surface area contributed by atoms with E-state index in [-0.39, 0.29) is 17.5 Å². The molecule has 2 heterocycles. The van der Waals surface area contributed by atoms with E-state index in [4.69, 9.17) is 14.5 Å². The fourth-order valence-corrected chi connectivity index (χ4v) is 2.36. The van der Waals surface area contributed by atoms with Gasteiger partial charge in [0.25, 0.3) is 0 Å². The highest BCUT2D eigenvalue weighted by molar-refractivity contribution is 5.98. The highest BCUT2D eigenvalue weighted by Crippen LogP contribution is 2.27. The Morgan fingerprint density at radius 2 is 1.43 bits per heavy atom. The lowest BCUT2D eigenvalue weighted by Crippen LogP contribution is -2.25. The van der Waals surface area contributed by atoms with E-state index < -0.39 is 0 Å². The first-order valence-electron chi connectivity index (χ1n) is 7.45. The molecular weight excluding hydrogens is 264 g/mol. The third-order valence-electron chi connectivity index (χ3n) is 3.83. The van der Waals surface area contributed by atoms with Gasteiger partial charge in [-0.1, -0.05) is 20.8 Å². The Morgan fingerprint density at radius 1 is 0.905 bits per heavy atom. The van der Waals surface area contributed by atoms with Crippen molar-refractivity contribution in [2.24, 2.45) is 15.4 Å². The van der Waals surface area contributed by atoms with Gasteiger partial charge in [-0.05, 0) is 36.6 Å². The zero-order valence-electron chi connectivity index (χ0n) is 13.1. The van der Waals surface area contributed by atoms with E-state index in [9.17, 15) is 0 Å². The number of aliphatic imine (C=N–C) groups is 2. The molecule has 1 aromatic carbocycles. The van der Waals surface area contributed by atoms with Crippen LogP contribution in [0.25, 0.3) is 0 Å². The summed E-state index contributed by atoms with van der Waals surface area (Å²) in [7, 11) is 0. The predicted molar refractivity (Wildman–Crippen MR) is 84.1 cm³/mol. The second-order valence-electron chi connectivity index (χ2n) is 6.80. The highest BCUT2D eigenvalue weighted by atomic mass is 16.5. The van der Waals surface area contributed by atoms with Crippen LogP contribution >= 0.6 is 0 Å². The second kappa shape index (κ2) is 5.17. The molecule has 2 aliphatic rings. The van der Waals surface area contributed by atoms with Crippen LogP contribution in [0.4, 0.5) is 0 Å². The van der Waals surface area contributed by atoms with E-state index in [2.05, 4.69) is 32.7 Å². The molecule has 3 rings (SSSR count). The minimum Gasteiger partial charge on any atom is -0.475 e. The Hall–Kier alpha value is -1.84. The molecule has 0 unspecified atom stereocenters. The highest BCUT2D eigenvalue weighted by Gasteiger charge is 2.30. The Morgan fingerprint density at radius 3 is 1.86 bits per heavy atom. The lowest BCUT2D eigenvalue weighted by Gasteiger charge is -2.21. The molecule has 2 aliphatic heterocycles. The summed E-state index contributed by atoms with van der Waals surface area (Å²) in [6.45, 7) is 9.94. The van der Waals surface area contributed by atoms with Crippen molar-refractivity contribution >= 4 is 11.8 Å². The van der Waals surface area contributed by atoms with Crippen molar-refractivity contribution in [1.82, 2.24) is 0 Å². The Labute approximate surface area is 125 Å². The van der Waals surface area contributed by atoms with Crippen molar-refractivity contribution in [3.05, 3.63) is 35.4 Å². The number of nitrogens with zero attached hydrogens (tertiary/aromatic N) is 2. The normalized spacial score (nSPS) is 25.1. The van der Waals surface area contributed by atoms with Gasteiger partial charge in [-0.3, -0.25) is 0 Å². The maximum Gasteiger partial charge on any atom is 0.216 e. The molecule has 112 valence electrons. The van der Waals surface area contributed by atoms with E-state index in [1.807, 2.05) is 24.3 Å². The molecule has 4 nitrogen and oxygen atoms in total. The molecule has 0 bridgehead atoms. The fraction of sp³-hybridized carbons (Fsp3) is 0.529. The Kier molecular flexibility index (Phi) is 3.47. The summed E-state index contributed by atoms with van der Waals surface area (Å²) >= 11 is 0. The molecule has 0 saturated heterocycles. The van der Waals surface area contributed by atoms with E-state index in [0.717, 1.165) is 22.9 Å². The van der Waals surface area contributed by atoms with Crippen LogP contribution in [0.15, 0.2) is 34.3 Å². The van der Waals surface area contributed by atoms with Crippen LogP contribution in [0.1, 0.15) is 38.8 Å². The van der Waals surface area contributed by atoms with Crippen molar-refractivity contribution < 1.29 is 9.47 Å². The summed E-state index contributed by atoms with van der Waals surface area (Å²) in [5.41, 5.74) is 2.15. The van der Waals surface area contributed by atoms with Gasteiger partial charge in [0.1, 0.15) is 13.2 Å². The number of ether oxygens (including phenoxy) is 2. The first kappa shape index (κ1) is 14.1. The zero-order chi connectivity index (χ0) is 15.0. The average Bonchev–Trinajstić information content (AvgIpc) is 3.07. The van der Waals surface area contributed by atoms with Gasteiger partial charge >= 0.3 is 0 Å². The van der Waals surface area contributed by atoms with Gasteiger partial charge in [-0.15, -0.1) is 0 Å². The van der Waals surface area contributed by atoms with Gasteiger partial charge in [-0.25, -0.2) is 9.98 Å². The first-order chi connectivity index (χ1) is 9.93. The molecule has 0 spiro atoms. The summed E-state index contributed by atoms with van der Waals surface area (Å²) in [6, 6.07) is 8.54. The SMILES string of the molecule is C[C@H]1COC(c2ccc(C3=N[C@@H](C(C)(C)C)CO3)cc2)=N1. The first-order valence-corrected chi connectivity index (χ1v) is 7.45. The van der Waals surface area contributed by atoms with Crippen molar-refractivity contribution in [2.45, 2.75) is 39.8 Å². The maximum atomic E-state index is 5.75. The second-order valence-corrected chi connectivity index (χ2v) is 6.80. The van der Waals surface area contributed by atoms with Gasteiger partial charge in [-0.2, -0.15) is 0 Å². The summed E-state index contributed by atoms with van der Waals surface area (Å²) in [4.78, 5) is 9.16. The largest absolute Gasteiger partial charge is 0.475 e. The summed E-state index contributed by atoms with van der Waals surface area (Å²) in [6.07, 6.45) is 0. The van der Waals surface area contributed by atoms with Gasteiger partial charge in [0.2, 0.25) is 11.8 Å². The third-order valence-corrected chi connectivity index (χ3v) is 3.83. The molecule has 0 aliphatic carbocycles. The van der Waals surface area contributed by atoms with Crippen LogP contribution in [-0.4, -0.2) is 37.1 Å². The van der Waals surface area contributed by atoms with Crippen molar-refractivity contribution in [3.63, 3.8) is 0 Å². The topological polar surface area (TPSA) is 43.2 Å². The molecular formula is C17H22N2O2. The quantitative estimate of drug-likeness (QED) is 0.838. The number of hydrogen-bond donors (Lipinski definition) is 0. The van der Waals surface area contributed by atoms with E-state index in [0.29, 0.717) is 13.2 Å². The maximum absolute atomic E-state index is 5.75. The standard InChI is InChI=1S/C17H22N2O2/c1-11-9-20-15(18-11)12-5-7-13(8-6-12)16-19-14(10-21-16)17(2,3)4/h5-8,11,14H,9-10H2,1-4H3/t11-,14+/m0/s1. The van der Waals surface area contributed by atoms with Crippen LogP contribution in [0.5, 0.6) is 0 Å². The van der Waals surface area contributed by atoms with Gasteiger partial charge in [0.15, 0.2) is 0 Å². The van der Waals surface area contributed by atoms with Crippen LogP contribution in [0, 0.1) is 5.41 Å². The predicted octanol–water partition coefficient (Wildman–Crippen LogP) is 3.04. The van der Waals surface area contributed by atoms with Crippen molar-refractivity contribution in [3.8, 4) is 0 Å². The van der Waals surface area contributed by atoms with E-state index >= 15 is 0 Å². The van der Waals surface area contributed by atoms with Gasteiger partial charge in [0.05, 0.1) is 12.1 Å². The average molecular weight is 286 g/mol. The molecule has 2 atom stereocenters. The summed E-state index contributed by atoms with van der Waals surface area (Å²) in [5, 5.41) is 0. The number of rotatable bonds is 2. The van der Waals surface area contributed by atoms with Crippen molar-refractivity contribution in [1.29, 1.82) is 0 Å². The van der Waals surface area contributed by atoms with Crippen LogP contribution < -0.4 is 0 Å². The molecule has 0 N–H and O–H groups in total. The number of hydrogen-bond acceptors (Lipinski definition) is 4. The monoisotopic (exact) mass is 286 g/mol. The van der Waals surface area contributed by atoms with Gasteiger partial charge < -0.3 is 9.47 Å². The van der Waals surface area contributed by atoms with Crippen LogP contribution in [0.2, 0.25) is 0 Å². The third kappa shape index (κ3) is 2.94. The molecule has 0 radical (unpaired) electrons. The number of benzene rings is 1. The smallest absolute Gasteiger partial charge is 0.216 e. The summed E-state index contributed by atoms with van der Waals surface area (Å²) in [5.74, 6) is 1.47. The van der Waals surface area contributed by atoms with Crippen LogP contribution in [0.3, 0.4) is 0 Å². The van der Waals surface area contributed by atoms with Crippen molar-refractivity contribution in [2.75, 3.05) is 13.2 Å². The molecule has 21 heavy (non-hydrogen) atoms. The van der Waals surface area contributed by atoms with Crippen LogP contribution in [-0.2, 0) is 9.47 Å². The van der Waals surface area contributed by atoms with Gasteiger partial charge in [0, 0.05) is 11.1 Å². The van der Waals surface area contributed by atoms with E-state index in [1.165, 1.54) is 0 Å². The molecule has 0 aromatic heterocycles. The Bertz CT molecular complexity index is 582. The minimum absolute atomic E-state index is 0.129. The molecule has 4 heteroatoms. The fourth-order valence-electron chi connectivity index (χ4n) is 2.36.